The molecule has 4 saturated heterocycles. The molecule has 1 unspecified atom stereocenters. The number of likely N-dealkylation sites (tertiary alicyclic amines) is 1. The summed E-state index contributed by atoms with van der Waals surface area (Å²) in [6, 6.07) is 10.7. The highest BCUT2D eigenvalue weighted by molar-refractivity contribution is 7.82. The molecule has 2 aromatic heterocycles. The van der Waals surface area contributed by atoms with Gasteiger partial charge in [-0.2, -0.15) is 18.3 Å². The average molecular weight is 811 g/mol. The number of amides is 3. The molecule has 2 N–H and O–H groups in total. The normalized spacial score (nSPS) is 20.6. The Morgan fingerprint density at radius 3 is 2.32 bits per heavy atom. The first kappa shape index (κ1) is 39.2. The summed E-state index contributed by atoms with van der Waals surface area (Å²) in [4.78, 5) is 38.8. The predicted molar refractivity (Wildman–Crippen MR) is 208 cm³/mol. The van der Waals surface area contributed by atoms with Crippen LogP contribution in [-0.4, -0.2) is 104 Å². The number of aromatic nitrogens is 4. The molecule has 8 rings (SSSR count). The van der Waals surface area contributed by atoms with Crippen LogP contribution in [0.2, 0.25) is 0 Å². The van der Waals surface area contributed by atoms with E-state index in [1.54, 1.807) is 11.7 Å². The first-order valence-electron chi connectivity index (χ1n) is 19.6. The second kappa shape index (κ2) is 16.3. The lowest BCUT2D eigenvalue weighted by Crippen LogP contribution is -2.49. The van der Waals surface area contributed by atoms with Crippen molar-refractivity contribution in [3.05, 3.63) is 65.7 Å². The Balaban J connectivity index is 0.795. The molecule has 4 aliphatic rings. The van der Waals surface area contributed by atoms with E-state index in [4.69, 9.17) is 0 Å². The number of carbonyl (C=O) groups excluding carboxylic acids is 2. The molecule has 3 amide bonds. The van der Waals surface area contributed by atoms with Crippen molar-refractivity contribution in [2.24, 2.45) is 13.0 Å². The summed E-state index contributed by atoms with van der Waals surface area (Å²) in [6.07, 6.45) is 2.37. The largest absolute Gasteiger partial charge is 0.419 e. The highest BCUT2D eigenvalue weighted by atomic mass is 32.2. The second-order valence-corrected chi connectivity index (χ2v) is 17.0. The van der Waals surface area contributed by atoms with Gasteiger partial charge >= 0.3 is 12.2 Å². The first-order chi connectivity index (χ1) is 27.4. The quantitative estimate of drug-likeness (QED) is 0.206. The van der Waals surface area contributed by atoms with Crippen molar-refractivity contribution in [2.45, 2.75) is 68.0 Å². The Morgan fingerprint density at radius 2 is 1.63 bits per heavy atom. The first-order valence-corrected chi connectivity index (χ1v) is 20.7. The molecule has 0 bridgehead atoms. The standard InChI is InChI=1S/C39H46F4N10O3S/c1-49-34-21-31(33(40)20-32(34)36(48-49)53-18-11-35(54)47-38(53)55)26-7-12-50(13-8-26)24-25-5-14-51(15-6-25)29-3-2-4-30(19-29)57(56)52-16-9-28(10-17-52)46-37-44-22-27(23-45-37)39(41,42)43/h2-4,19-23,25-26,28H,5-18,24H2,1H3,(H,44,45,46)(H,47,54,55). The highest BCUT2D eigenvalue weighted by Crippen LogP contribution is 2.36. The zero-order chi connectivity index (χ0) is 39.8. The molecule has 57 heavy (non-hydrogen) atoms. The summed E-state index contributed by atoms with van der Waals surface area (Å²) in [5, 5.41) is 10.5. The number of aryl methyl sites for hydroxylation is 1. The van der Waals surface area contributed by atoms with E-state index < -0.39 is 28.8 Å². The average Bonchev–Trinajstić information content (AvgIpc) is 3.52. The Kier molecular flexibility index (Phi) is 11.2. The van der Waals surface area contributed by atoms with E-state index in [-0.39, 0.29) is 42.6 Å². The van der Waals surface area contributed by atoms with Gasteiger partial charge in [-0.3, -0.25) is 19.7 Å². The van der Waals surface area contributed by atoms with Gasteiger partial charge in [0.05, 0.1) is 16.0 Å². The Hall–Kier alpha value is -4.68. The highest BCUT2D eigenvalue weighted by Gasteiger charge is 2.33. The van der Waals surface area contributed by atoms with Gasteiger partial charge in [-0.1, -0.05) is 6.07 Å². The van der Waals surface area contributed by atoms with Crippen LogP contribution in [0.5, 0.6) is 0 Å². The summed E-state index contributed by atoms with van der Waals surface area (Å²) in [5.41, 5.74) is 1.60. The third-order valence-electron chi connectivity index (χ3n) is 11.8. The van der Waals surface area contributed by atoms with Gasteiger partial charge in [-0.15, -0.1) is 0 Å². The zero-order valence-electron chi connectivity index (χ0n) is 31.7. The number of urea groups is 1. The summed E-state index contributed by atoms with van der Waals surface area (Å²) in [6.45, 7) is 5.95. The number of alkyl halides is 3. The van der Waals surface area contributed by atoms with E-state index in [1.165, 1.54) is 11.0 Å². The number of rotatable bonds is 9. The number of anilines is 3. The molecule has 13 nitrogen and oxygen atoms in total. The number of nitrogens with zero attached hydrogens (tertiary/aromatic N) is 8. The summed E-state index contributed by atoms with van der Waals surface area (Å²) >= 11 is 0. The minimum Gasteiger partial charge on any atom is -0.371 e. The lowest BCUT2D eigenvalue weighted by atomic mass is 9.87. The molecular formula is C39H46F4N10O3S. The maximum Gasteiger partial charge on any atom is 0.419 e. The molecule has 2 aromatic carbocycles. The van der Waals surface area contributed by atoms with Crippen molar-refractivity contribution >= 4 is 51.3 Å². The van der Waals surface area contributed by atoms with Gasteiger partial charge in [-0.25, -0.2) is 27.7 Å². The van der Waals surface area contributed by atoms with Crippen molar-refractivity contribution in [3.63, 3.8) is 0 Å². The maximum atomic E-state index is 15.7. The minimum atomic E-state index is -4.48. The molecule has 4 aromatic rings. The number of benzene rings is 2. The molecule has 4 fully saturated rings. The number of hydrogen-bond donors (Lipinski definition) is 2. The fraction of sp³-hybridized carbons (Fsp3) is 0.513. The minimum absolute atomic E-state index is 0.0262. The van der Waals surface area contributed by atoms with Crippen LogP contribution < -0.4 is 20.4 Å². The number of nitrogens with one attached hydrogen (secondary N) is 2. The Labute approximate surface area is 330 Å². The molecule has 18 heteroatoms. The van der Waals surface area contributed by atoms with E-state index in [9.17, 15) is 27.0 Å². The number of piperidine rings is 3. The monoisotopic (exact) mass is 810 g/mol. The van der Waals surface area contributed by atoms with E-state index in [2.05, 4.69) is 41.6 Å². The van der Waals surface area contributed by atoms with Crippen LogP contribution in [0, 0.1) is 11.7 Å². The number of fused-ring (bicyclic) bond motifs is 1. The Bertz CT molecular complexity index is 2130. The summed E-state index contributed by atoms with van der Waals surface area (Å²) in [7, 11) is 0.445. The fourth-order valence-electron chi connectivity index (χ4n) is 8.55. The van der Waals surface area contributed by atoms with Crippen LogP contribution in [0.4, 0.5) is 39.8 Å². The molecule has 0 spiro atoms. The lowest BCUT2D eigenvalue weighted by molar-refractivity contribution is -0.138. The van der Waals surface area contributed by atoms with Crippen LogP contribution in [-0.2, 0) is 29.0 Å². The van der Waals surface area contributed by atoms with Gasteiger partial charge in [0.2, 0.25) is 11.9 Å². The molecule has 0 radical (unpaired) electrons. The molecule has 0 aliphatic carbocycles. The van der Waals surface area contributed by atoms with Crippen molar-refractivity contribution in [1.82, 2.24) is 34.3 Å². The fourth-order valence-corrected chi connectivity index (χ4v) is 9.81. The van der Waals surface area contributed by atoms with Crippen LogP contribution in [0.15, 0.2) is 53.7 Å². The molecule has 4 aliphatic heterocycles. The number of carbonyl (C=O) groups is 2. The van der Waals surface area contributed by atoms with Crippen molar-refractivity contribution < 1.29 is 31.4 Å². The van der Waals surface area contributed by atoms with Crippen molar-refractivity contribution in [3.8, 4) is 0 Å². The molecule has 6 heterocycles. The van der Waals surface area contributed by atoms with Crippen LogP contribution in [0.25, 0.3) is 10.9 Å². The van der Waals surface area contributed by atoms with Gasteiger partial charge in [0.15, 0.2) is 5.82 Å². The smallest absolute Gasteiger partial charge is 0.371 e. The van der Waals surface area contributed by atoms with E-state index >= 15 is 4.39 Å². The van der Waals surface area contributed by atoms with Crippen LogP contribution >= 0.6 is 0 Å². The third kappa shape index (κ3) is 8.62. The van der Waals surface area contributed by atoms with Crippen LogP contribution in [0.1, 0.15) is 62.0 Å². The topological polar surface area (TPSA) is 132 Å². The number of imide groups is 1. The summed E-state index contributed by atoms with van der Waals surface area (Å²) < 4.78 is 71.4. The van der Waals surface area contributed by atoms with Gasteiger partial charge < -0.3 is 15.1 Å². The van der Waals surface area contributed by atoms with Gasteiger partial charge in [0.1, 0.15) is 16.8 Å². The second-order valence-electron chi connectivity index (χ2n) is 15.5. The molecule has 1 atom stereocenters. The third-order valence-corrected chi connectivity index (χ3v) is 13.3. The predicted octanol–water partition coefficient (Wildman–Crippen LogP) is 5.66. The van der Waals surface area contributed by atoms with Gasteiger partial charge in [0.25, 0.3) is 0 Å². The lowest BCUT2D eigenvalue weighted by Gasteiger charge is -2.38. The SMILES string of the molecule is Cn1nc(N2CCC(=O)NC2=O)c2cc(F)c(C3CCN(CC4CCN(c5cccc(S(=O)N6CCC(Nc7ncc(C(F)(F)F)cn7)CC6)c5)CC4)CC3)cc21. The van der Waals surface area contributed by atoms with Crippen molar-refractivity contribution in [1.29, 1.82) is 0 Å². The Morgan fingerprint density at radius 1 is 0.912 bits per heavy atom. The summed E-state index contributed by atoms with van der Waals surface area (Å²) in [5.74, 6) is 0.525. The van der Waals surface area contributed by atoms with E-state index in [0.29, 0.717) is 48.6 Å². The maximum absolute atomic E-state index is 15.7. The molecule has 304 valence electrons. The van der Waals surface area contributed by atoms with Gasteiger partial charge in [-0.05, 0) is 99.3 Å². The number of halogens is 4. The molecule has 0 saturated carbocycles. The van der Waals surface area contributed by atoms with Gasteiger partial charge in [0, 0.05) is 82.2 Å². The molecular weight excluding hydrogens is 765 g/mol. The van der Waals surface area contributed by atoms with Crippen LogP contribution in [0.3, 0.4) is 0 Å². The zero-order valence-corrected chi connectivity index (χ0v) is 32.5. The van der Waals surface area contributed by atoms with Crippen molar-refractivity contribution in [2.75, 3.05) is 67.5 Å². The number of hydrogen-bond acceptors (Lipinski definition) is 9. The van der Waals surface area contributed by atoms with E-state index in [1.807, 2.05) is 28.6 Å². The van der Waals surface area contributed by atoms with E-state index in [0.717, 1.165) is 86.9 Å².